The summed E-state index contributed by atoms with van der Waals surface area (Å²) in [6, 6.07) is 6.05. The third-order valence-electron chi connectivity index (χ3n) is 1.54. The SMILES string of the molecule is NCCO.O=[N+]([O-])c1ccccc1OCCO. The summed E-state index contributed by atoms with van der Waals surface area (Å²) in [5, 5.41) is 26.7. The van der Waals surface area contributed by atoms with Crippen molar-refractivity contribution in [1.82, 2.24) is 0 Å². The van der Waals surface area contributed by atoms with Crippen LogP contribution in [0.5, 0.6) is 5.75 Å². The molecule has 0 saturated carbocycles. The van der Waals surface area contributed by atoms with E-state index in [0.29, 0.717) is 6.54 Å². The summed E-state index contributed by atoms with van der Waals surface area (Å²) in [7, 11) is 0. The quantitative estimate of drug-likeness (QED) is 0.491. The summed E-state index contributed by atoms with van der Waals surface area (Å²) in [6.45, 7) is 0.372. The second-order valence-electron chi connectivity index (χ2n) is 2.81. The lowest BCUT2D eigenvalue weighted by Gasteiger charge is -2.03. The van der Waals surface area contributed by atoms with Crippen LogP contribution in [0.15, 0.2) is 24.3 Å². The van der Waals surface area contributed by atoms with Crippen LogP contribution in [0.3, 0.4) is 0 Å². The van der Waals surface area contributed by atoms with E-state index in [2.05, 4.69) is 0 Å². The molecule has 96 valence electrons. The lowest BCUT2D eigenvalue weighted by Crippen LogP contribution is -2.03. The van der Waals surface area contributed by atoms with Crippen LogP contribution >= 0.6 is 0 Å². The van der Waals surface area contributed by atoms with Crippen molar-refractivity contribution < 1.29 is 19.9 Å². The first-order chi connectivity index (χ1) is 8.17. The smallest absolute Gasteiger partial charge is 0.310 e. The average Bonchev–Trinajstić information content (AvgIpc) is 2.36. The number of hydrogen-bond acceptors (Lipinski definition) is 6. The van der Waals surface area contributed by atoms with E-state index in [1.165, 1.54) is 12.1 Å². The molecule has 0 amide bonds. The number of para-hydroxylation sites is 2. The highest BCUT2D eigenvalue weighted by atomic mass is 16.6. The molecule has 0 spiro atoms. The minimum absolute atomic E-state index is 0.0604. The first kappa shape index (κ1) is 15.3. The summed E-state index contributed by atoms with van der Waals surface area (Å²) >= 11 is 0. The van der Waals surface area contributed by atoms with Crippen molar-refractivity contribution in [2.45, 2.75) is 0 Å². The molecule has 0 aliphatic rings. The van der Waals surface area contributed by atoms with Gasteiger partial charge in [0.05, 0.1) is 18.1 Å². The van der Waals surface area contributed by atoms with Crippen LogP contribution < -0.4 is 10.5 Å². The molecular formula is C10H16N2O5. The van der Waals surface area contributed by atoms with Crippen LogP contribution in [0, 0.1) is 10.1 Å². The number of nitrogens with two attached hydrogens (primary N) is 1. The van der Waals surface area contributed by atoms with Crippen molar-refractivity contribution >= 4 is 5.69 Å². The molecule has 0 aliphatic carbocycles. The standard InChI is InChI=1S/C8H9NO4.C2H7NO/c10-5-6-13-8-4-2-1-3-7(8)9(11)12;3-1-2-4/h1-4,10H,5-6H2;4H,1-3H2. The Morgan fingerprint density at radius 3 is 2.35 bits per heavy atom. The highest BCUT2D eigenvalue weighted by Crippen LogP contribution is 2.25. The third-order valence-corrected chi connectivity index (χ3v) is 1.54. The van der Waals surface area contributed by atoms with E-state index >= 15 is 0 Å². The summed E-state index contributed by atoms with van der Waals surface area (Å²) in [5.74, 6) is 0.182. The highest BCUT2D eigenvalue weighted by molar-refractivity contribution is 5.45. The van der Waals surface area contributed by atoms with Crippen LogP contribution in [-0.2, 0) is 0 Å². The van der Waals surface area contributed by atoms with Crippen LogP contribution in [0.2, 0.25) is 0 Å². The maximum absolute atomic E-state index is 10.4. The molecule has 0 fully saturated rings. The van der Waals surface area contributed by atoms with Gasteiger partial charge in [0.2, 0.25) is 0 Å². The number of aliphatic hydroxyl groups excluding tert-OH is 2. The van der Waals surface area contributed by atoms with Gasteiger partial charge in [-0.15, -0.1) is 0 Å². The molecule has 1 aromatic carbocycles. The lowest BCUT2D eigenvalue weighted by atomic mass is 10.3. The average molecular weight is 244 g/mol. The Hall–Kier alpha value is -1.70. The molecule has 0 aromatic heterocycles. The topological polar surface area (TPSA) is 119 Å². The lowest BCUT2D eigenvalue weighted by molar-refractivity contribution is -0.385. The van der Waals surface area contributed by atoms with Gasteiger partial charge in [-0.1, -0.05) is 12.1 Å². The molecule has 0 radical (unpaired) electrons. The molecule has 1 aromatic rings. The fraction of sp³-hybridized carbons (Fsp3) is 0.400. The predicted octanol–water partition coefficient (Wildman–Crippen LogP) is -0.0967. The number of rotatable bonds is 5. The van der Waals surface area contributed by atoms with E-state index in [0.717, 1.165) is 0 Å². The number of aliphatic hydroxyl groups is 2. The van der Waals surface area contributed by atoms with E-state index in [9.17, 15) is 10.1 Å². The number of nitrogens with zero attached hydrogens (tertiary/aromatic N) is 1. The van der Waals surface area contributed by atoms with Gasteiger partial charge in [0.1, 0.15) is 6.61 Å². The largest absolute Gasteiger partial charge is 0.484 e. The Balaban J connectivity index is 0.000000557. The summed E-state index contributed by atoms with van der Waals surface area (Å²) in [6.07, 6.45) is 0. The highest BCUT2D eigenvalue weighted by Gasteiger charge is 2.12. The first-order valence-corrected chi connectivity index (χ1v) is 4.95. The molecular weight excluding hydrogens is 228 g/mol. The zero-order chi connectivity index (χ0) is 13.1. The van der Waals surface area contributed by atoms with Gasteiger partial charge in [-0.3, -0.25) is 10.1 Å². The Morgan fingerprint density at radius 1 is 1.29 bits per heavy atom. The van der Waals surface area contributed by atoms with Crippen molar-refractivity contribution in [3.05, 3.63) is 34.4 Å². The van der Waals surface area contributed by atoms with Gasteiger partial charge >= 0.3 is 5.69 Å². The Morgan fingerprint density at radius 2 is 1.88 bits per heavy atom. The Kier molecular flexibility index (Phi) is 8.57. The van der Waals surface area contributed by atoms with Gasteiger partial charge in [-0.25, -0.2) is 0 Å². The van der Waals surface area contributed by atoms with Gasteiger partial charge in [0.15, 0.2) is 5.75 Å². The van der Waals surface area contributed by atoms with Crippen LogP contribution in [0.25, 0.3) is 0 Å². The second kappa shape index (κ2) is 9.52. The molecule has 7 heteroatoms. The normalized spacial score (nSPS) is 9.12. The summed E-state index contributed by atoms with van der Waals surface area (Å²) in [4.78, 5) is 9.93. The number of nitro benzene ring substituents is 1. The van der Waals surface area contributed by atoms with Crippen molar-refractivity contribution in [2.75, 3.05) is 26.4 Å². The molecule has 1 rings (SSSR count). The third kappa shape index (κ3) is 6.46. The second-order valence-corrected chi connectivity index (χ2v) is 2.81. The Labute approximate surface area is 98.6 Å². The zero-order valence-electron chi connectivity index (χ0n) is 9.28. The number of ether oxygens (including phenoxy) is 1. The Bertz CT molecular complexity index is 330. The molecule has 0 aliphatic heterocycles. The van der Waals surface area contributed by atoms with Gasteiger partial charge in [-0.05, 0) is 6.07 Å². The van der Waals surface area contributed by atoms with Gasteiger partial charge in [-0.2, -0.15) is 0 Å². The predicted molar refractivity (Wildman–Crippen MR) is 61.8 cm³/mol. The molecule has 4 N–H and O–H groups in total. The molecule has 17 heavy (non-hydrogen) atoms. The maximum Gasteiger partial charge on any atom is 0.310 e. The fourth-order valence-electron chi connectivity index (χ4n) is 0.886. The number of hydrogen-bond donors (Lipinski definition) is 3. The minimum Gasteiger partial charge on any atom is -0.484 e. The van der Waals surface area contributed by atoms with Gasteiger partial charge in [0.25, 0.3) is 0 Å². The van der Waals surface area contributed by atoms with Gasteiger partial charge in [0, 0.05) is 12.6 Å². The first-order valence-electron chi connectivity index (χ1n) is 4.95. The van der Waals surface area contributed by atoms with E-state index < -0.39 is 4.92 Å². The molecule has 0 heterocycles. The van der Waals surface area contributed by atoms with Crippen molar-refractivity contribution in [1.29, 1.82) is 0 Å². The molecule has 0 atom stereocenters. The fourth-order valence-corrected chi connectivity index (χ4v) is 0.886. The summed E-state index contributed by atoms with van der Waals surface area (Å²) < 4.78 is 4.96. The van der Waals surface area contributed by atoms with E-state index in [-0.39, 0.29) is 31.3 Å². The number of nitro groups is 1. The minimum atomic E-state index is -0.521. The van der Waals surface area contributed by atoms with Crippen LogP contribution in [0.4, 0.5) is 5.69 Å². The summed E-state index contributed by atoms with van der Waals surface area (Å²) in [5.41, 5.74) is 4.69. The maximum atomic E-state index is 10.4. The number of benzene rings is 1. The van der Waals surface area contributed by atoms with Crippen molar-refractivity contribution in [3.63, 3.8) is 0 Å². The molecule has 0 bridgehead atoms. The van der Waals surface area contributed by atoms with Crippen molar-refractivity contribution in [2.24, 2.45) is 5.73 Å². The van der Waals surface area contributed by atoms with Gasteiger partial charge < -0.3 is 20.7 Å². The zero-order valence-corrected chi connectivity index (χ0v) is 9.28. The monoisotopic (exact) mass is 244 g/mol. The molecule has 0 unspecified atom stereocenters. The van der Waals surface area contributed by atoms with E-state index in [1.807, 2.05) is 0 Å². The van der Waals surface area contributed by atoms with Crippen LogP contribution in [0.1, 0.15) is 0 Å². The van der Waals surface area contributed by atoms with E-state index in [1.54, 1.807) is 12.1 Å². The van der Waals surface area contributed by atoms with E-state index in [4.69, 9.17) is 20.7 Å². The van der Waals surface area contributed by atoms with Crippen LogP contribution in [-0.4, -0.2) is 41.5 Å². The van der Waals surface area contributed by atoms with Crippen molar-refractivity contribution in [3.8, 4) is 5.75 Å². The molecule has 7 nitrogen and oxygen atoms in total. The molecule has 0 saturated heterocycles.